The number of anilines is 1. The molecule has 0 saturated heterocycles. The molecule has 0 unspecified atom stereocenters. The van der Waals surface area contributed by atoms with Crippen LogP contribution in [-0.2, 0) is 4.74 Å². The Morgan fingerprint density at radius 2 is 2.10 bits per heavy atom. The summed E-state index contributed by atoms with van der Waals surface area (Å²) in [5, 5.41) is 14.3. The summed E-state index contributed by atoms with van der Waals surface area (Å²) in [5.74, 6) is 0.312. The lowest BCUT2D eigenvalue weighted by Gasteiger charge is -2.10. The van der Waals surface area contributed by atoms with E-state index in [-0.39, 0.29) is 5.69 Å². The van der Waals surface area contributed by atoms with Gasteiger partial charge in [0.25, 0.3) is 0 Å². The number of nitrogens with one attached hydrogen (secondary N) is 1. The maximum absolute atomic E-state index is 11.2. The zero-order chi connectivity index (χ0) is 14.8. The summed E-state index contributed by atoms with van der Waals surface area (Å²) in [6.07, 6.45) is 1.61. The van der Waals surface area contributed by atoms with Gasteiger partial charge in [0.15, 0.2) is 5.75 Å². The first-order valence-corrected chi connectivity index (χ1v) is 6.92. The first-order chi connectivity index (χ1) is 9.70. The van der Waals surface area contributed by atoms with Gasteiger partial charge in [-0.2, -0.15) is 0 Å². The molecule has 0 heterocycles. The van der Waals surface area contributed by atoms with Gasteiger partial charge in [-0.3, -0.25) is 10.1 Å². The number of para-hydroxylation sites is 1. The van der Waals surface area contributed by atoms with Crippen molar-refractivity contribution in [3.63, 3.8) is 0 Å². The second kappa shape index (κ2) is 9.14. The van der Waals surface area contributed by atoms with Crippen LogP contribution in [0.4, 0.5) is 11.4 Å². The third-order valence-corrected chi connectivity index (χ3v) is 2.63. The number of hydrogen-bond acceptors (Lipinski definition) is 5. The molecule has 0 atom stereocenters. The fraction of sp³-hybridized carbons (Fsp3) is 0.571. The SMILES string of the molecule is CCCOc1cccc(NCCCOCC)c1[N+](=O)[O-]. The van der Waals surface area contributed by atoms with Crippen LogP contribution in [-0.4, -0.2) is 31.3 Å². The van der Waals surface area contributed by atoms with Crippen molar-refractivity contribution in [3.05, 3.63) is 28.3 Å². The van der Waals surface area contributed by atoms with E-state index in [4.69, 9.17) is 9.47 Å². The molecule has 112 valence electrons. The Labute approximate surface area is 119 Å². The summed E-state index contributed by atoms with van der Waals surface area (Å²) in [7, 11) is 0. The van der Waals surface area contributed by atoms with Gasteiger partial charge in [0.05, 0.1) is 11.5 Å². The van der Waals surface area contributed by atoms with Gasteiger partial charge < -0.3 is 14.8 Å². The van der Waals surface area contributed by atoms with Crippen LogP contribution in [0.2, 0.25) is 0 Å². The predicted octanol–water partition coefficient (Wildman–Crippen LogP) is 3.22. The predicted molar refractivity (Wildman–Crippen MR) is 78.5 cm³/mol. The van der Waals surface area contributed by atoms with Crippen molar-refractivity contribution in [1.29, 1.82) is 0 Å². The highest BCUT2D eigenvalue weighted by Gasteiger charge is 2.20. The summed E-state index contributed by atoms with van der Waals surface area (Å²) in [5.41, 5.74) is 0.484. The highest BCUT2D eigenvalue weighted by atomic mass is 16.6. The molecular weight excluding hydrogens is 260 g/mol. The molecule has 0 amide bonds. The van der Waals surface area contributed by atoms with E-state index >= 15 is 0 Å². The summed E-state index contributed by atoms with van der Waals surface area (Å²) in [6, 6.07) is 5.07. The van der Waals surface area contributed by atoms with Gasteiger partial charge in [-0.05, 0) is 31.9 Å². The van der Waals surface area contributed by atoms with Crippen LogP contribution in [0.15, 0.2) is 18.2 Å². The molecule has 0 aliphatic heterocycles. The Balaban J connectivity index is 2.71. The molecule has 0 radical (unpaired) electrons. The van der Waals surface area contributed by atoms with E-state index in [9.17, 15) is 10.1 Å². The van der Waals surface area contributed by atoms with E-state index < -0.39 is 4.92 Å². The van der Waals surface area contributed by atoms with Crippen LogP contribution in [0.3, 0.4) is 0 Å². The molecule has 1 rings (SSSR count). The zero-order valence-electron chi connectivity index (χ0n) is 12.1. The summed E-state index contributed by atoms with van der Waals surface area (Å²) >= 11 is 0. The van der Waals surface area contributed by atoms with E-state index in [1.54, 1.807) is 18.2 Å². The van der Waals surface area contributed by atoms with Crippen molar-refractivity contribution >= 4 is 11.4 Å². The molecule has 0 aliphatic carbocycles. The molecule has 1 aromatic carbocycles. The zero-order valence-corrected chi connectivity index (χ0v) is 12.1. The minimum absolute atomic E-state index is 0.00244. The first-order valence-electron chi connectivity index (χ1n) is 6.92. The topological polar surface area (TPSA) is 73.6 Å². The maximum Gasteiger partial charge on any atom is 0.333 e. The number of nitro benzene ring substituents is 1. The number of benzene rings is 1. The smallest absolute Gasteiger partial charge is 0.333 e. The van der Waals surface area contributed by atoms with Gasteiger partial charge in [0.2, 0.25) is 0 Å². The van der Waals surface area contributed by atoms with Crippen LogP contribution < -0.4 is 10.1 Å². The highest BCUT2D eigenvalue weighted by Crippen LogP contribution is 2.34. The lowest BCUT2D eigenvalue weighted by Crippen LogP contribution is -2.08. The van der Waals surface area contributed by atoms with Crippen LogP contribution in [0, 0.1) is 10.1 Å². The third-order valence-electron chi connectivity index (χ3n) is 2.63. The van der Waals surface area contributed by atoms with Crippen molar-refractivity contribution in [3.8, 4) is 5.75 Å². The lowest BCUT2D eigenvalue weighted by molar-refractivity contribution is -0.385. The fourth-order valence-corrected chi connectivity index (χ4v) is 1.72. The Kier molecular flexibility index (Phi) is 7.42. The standard InChI is InChI=1S/C14H22N2O4/c1-3-10-20-13-8-5-7-12(14(13)16(17)18)15-9-6-11-19-4-2/h5,7-8,15H,3-4,6,9-11H2,1-2H3. The summed E-state index contributed by atoms with van der Waals surface area (Å²) in [4.78, 5) is 10.8. The number of ether oxygens (including phenoxy) is 2. The molecule has 0 fully saturated rings. The molecule has 0 aliphatic rings. The molecule has 1 N–H and O–H groups in total. The minimum Gasteiger partial charge on any atom is -0.487 e. The van der Waals surface area contributed by atoms with Crippen LogP contribution in [0.1, 0.15) is 26.7 Å². The average molecular weight is 282 g/mol. The van der Waals surface area contributed by atoms with E-state index in [1.807, 2.05) is 13.8 Å². The fourth-order valence-electron chi connectivity index (χ4n) is 1.72. The maximum atomic E-state index is 11.2. The Morgan fingerprint density at radius 1 is 1.30 bits per heavy atom. The van der Waals surface area contributed by atoms with Crippen molar-refractivity contribution in [2.75, 3.05) is 31.7 Å². The van der Waals surface area contributed by atoms with Gasteiger partial charge in [-0.25, -0.2) is 0 Å². The largest absolute Gasteiger partial charge is 0.487 e. The van der Waals surface area contributed by atoms with Crippen LogP contribution in [0.25, 0.3) is 0 Å². The van der Waals surface area contributed by atoms with Crippen molar-refractivity contribution < 1.29 is 14.4 Å². The first kappa shape index (κ1) is 16.2. The third kappa shape index (κ3) is 5.05. The van der Waals surface area contributed by atoms with E-state index in [0.717, 1.165) is 12.8 Å². The van der Waals surface area contributed by atoms with E-state index in [0.29, 0.717) is 37.8 Å². The average Bonchev–Trinajstić information content (AvgIpc) is 2.44. The summed E-state index contributed by atoms with van der Waals surface area (Å²) < 4.78 is 10.7. The van der Waals surface area contributed by atoms with Crippen LogP contribution in [0.5, 0.6) is 5.75 Å². The molecule has 0 bridgehead atoms. The Hall–Kier alpha value is -1.82. The molecular formula is C14H22N2O4. The van der Waals surface area contributed by atoms with Crippen molar-refractivity contribution in [2.24, 2.45) is 0 Å². The minimum atomic E-state index is -0.407. The second-order valence-electron chi connectivity index (χ2n) is 4.24. The summed E-state index contributed by atoms with van der Waals surface area (Å²) in [6.45, 7) is 6.31. The molecule has 0 saturated carbocycles. The monoisotopic (exact) mass is 282 g/mol. The lowest BCUT2D eigenvalue weighted by atomic mass is 10.2. The van der Waals surface area contributed by atoms with Crippen molar-refractivity contribution in [1.82, 2.24) is 0 Å². The molecule has 0 aromatic heterocycles. The molecule has 0 spiro atoms. The Morgan fingerprint density at radius 3 is 2.75 bits per heavy atom. The molecule has 6 heteroatoms. The quantitative estimate of drug-likeness (QED) is 0.405. The van der Waals surface area contributed by atoms with Gasteiger partial charge in [0.1, 0.15) is 5.69 Å². The number of rotatable bonds is 10. The van der Waals surface area contributed by atoms with Gasteiger partial charge in [-0.1, -0.05) is 13.0 Å². The van der Waals surface area contributed by atoms with Gasteiger partial charge in [0, 0.05) is 19.8 Å². The van der Waals surface area contributed by atoms with Gasteiger partial charge in [-0.15, -0.1) is 0 Å². The van der Waals surface area contributed by atoms with E-state index in [1.165, 1.54) is 0 Å². The second-order valence-corrected chi connectivity index (χ2v) is 4.24. The molecule has 1 aromatic rings. The highest BCUT2D eigenvalue weighted by molar-refractivity contribution is 5.68. The Bertz CT molecular complexity index is 424. The van der Waals surface area contributed by atoms with Crippen molar-refractivity contribution in [2.45, 2.75) is 26.7 Å². The number of nitro groups is 1. The number of hydrogen-bond donors (Lipinski definition) is 1. The van der Waals surface area contributed by atoms with E-state index in [2.05, 4.69) is 5.32 Å². The normalized spacial score (nSPS) is 10.3. The van der Waals surface area contributed by atoms with Crippen LogP contribution >= 0.6 is 0 Å². The van der Waals surface area contributed by atoms with Gasteiger partial charge >= 0.3 is 5.69 Å². The molecule has 6 nitrogen and oxygen atoms in total. The number of nitrogens with zero attached hydrogens (tertiary/aromatic N) is 1. The molecule has 20 heavy (non-hydrogen) atoms.